The highest BCUT2D eigenvalue weighted by atomic mass is 16.7. The van der Waals surface area contributed by atoms with Crippen LogP contribution in [0, 0.1) is 0 Å². The summed E-state index contributed by atoms with van der Waals surface area (Å²) in [6, 6.07) is 23.0. The van der Waals surface area contributed by atoms with Gasteiger partial charge < -0.3 is 24.1 Å². The molecule has 0 saturated carbocycles. The number of hydrogen-bond acceptors (Lipinski definition) is 8. The predicted molar refractivity (Wildman–Crippen MR) is 153 cm³/mol. The molecule has 9 nitrogen and oxygen atoms in total. The summed E-state index contributed by atoms with van der Waals surface area (Å²) in [6.07, 6.45) is -1.99. The highest BCUT2D eigenvalue weighted by Gasteiger charge is 2.55. The summed E-state index contributed by atoms with van der Waals surface area (Å²) >= 11 is 0. The van der Waals surface area contributed by atoms with E-state index in [4.69, 9.17) is 18.9 Å². The maximum Gasteiger partial charge on any atom is 0.338 e. The van der Waals surface area contributed by atoms with Gasteiger partial charge in [-0.3, -0.25) is 14.5 Å². The number of rotatable bonds is 12. The minimum Gasteiger partial charge on any atom is -0.453 e. The van der Waals surface area contributed by atoms with Gasteiger partial charge in [0.2, 0.25) is 0 Å². The molecule has 2 amide bonds. The van der Waals surface area contributed by atoms with E-state index in [9.17, 15) is 19.5 Å². The molecule has 9 heteroatoms. The molecule has 2 aliphatic rings. The lowest BCUT2D eigenvalue weighted by Gasteiger charge is -2.46. The first kappa shape index (κ1) is 29.3. The van der Waals surface area contributed by atoms with Crippen LogP contribution in [0.1, 0.15) is 49.5 Å². The third-order valence-corrected chi connectivity index (χ3v) is 7.25. The summed E-state index contributed by atoms with van der Waals surface area (Å²) in [6.45, 7) is 4.14. The molecule has 3 aromatic rings. The van der Waals surface area contributed by atoms with Crippen molar-refractivity contribution in [3.05, 3.63) is 120 Å². The molecule has 42 heavy (non-hydrogen) atoms. The second-order valence-electron chi connectivity index (χ2n) is 10.1. The number of hydrogen-bond donors (Lipinski definition) is 1. The second-order valence-corrected chi connectivity index (χ2v) is 10.1. The smallest absolute Gasteiger partial charge is 0.338 e. The van der Waals surface area contributed by atoms with Gasteiger partial charge in [-0.15, -0.1) is 6.58 Å². The molecule has 0 bridgehead atoms. The number of nitrogens with zero attached hydrogens (tertiary/aromatic N) is 1. The molecule has 0 aromatic heterocycles. The van der Waals surface area contributed by atoms with Crippen molar-refractivity contribution in [3.63, 3.8) is 0 Å². The van der Waals surface area contributed by atoms with Crippen molar-refractivity contribution in [2.75, 3.05) is 13.2 Å². The topological polar surface area (TPSA) is 112 Å². The van der Waals surface area contributed by atoms with Crippen molar-refractivity contribution >= 4 is 17.8 Å². The lowest BCUT2D eigenvalue weighted by Crippen LogP contribution is -2.67. The third-order valence-electron chi connectivity index (χ3n) is 7.25. The Morgan fingerprint density at radius 3 is 2.19 bits per heavy atom. The van der Waals surface area contributed by atoms with Crippen molar-refractivity contribution in [2.24, 2.45) is 0 Å². The molecule has 3 aromatic carbocycles. The van der Waals surface area contributed by atoms with Gasteiger partial charge >= 0.3 is 5.97 Å². The van der Waals surface area contributed by atoms with Gasteiger partial charge in [-0.2, -0.15) is 0 Å². The number of fused-ring (bicyclic) bond motifs is 1. The first-order chi connectivity index (χ1) is 20.5. The maximum atomic E-state index is 13.6. The predicted octanol–water partition coefficient (Wildman–Crippen LogP) is 4.16. The Bertz CT molecular complexity index is 1360. The van der Waals surface area contributed by atoms with E-state index in [0.29, 0.717) is 12.8 Å². The number of carbonyl (C=O) groups is 3. The number of ether oxygens (including phenoxy) is 4. The van der Waals surface area contributed by atoms with Crippen molar-refractivity contribution in [1.29, 1.82) is 0 Å². The number of esters is 1. The number of carbonyl (C=O) groups excluding carboxylic acids is 3. The van der Waals surface area contributed by atoms with E-state index >= 15 is 0 Å². The van der Waals surface area contributed by atoms with E-state index in [1.165, 1.54) is 0 Å². The van der Waals surface area contributed by atoms with Gasteiger partial charge in [-0.25, -0.2) is 4.79 Å². The number of amides is 2. The Morgan fingerprint density at radius 2 is 1.55 bits per heavy atom. The van der Waals surface area contributed by atoms with Crippen molar-refractivity contribution < 1.29 is 38.4 Å². The molecular weight excluding hydrogens is 538 g/mol. The largest absolute Gasteiger partial charge is 0.453 e. The SMILES string of the molecule is C=CCCCO[C@@H]1O[C@H](COCc2ccccc2)[C@@H](O)[C@H](OC(=O)c2ccccc2)[C@H]1N1C(=O)c2ccccc2C1=O. The Hall–Kier alpha value is -4.15. The van der Waals surface area contributed by atoms with E-state index < -0.39 is 48.4 Å². The van der Waals surface area contributed by atoms with Crippen LogP contribution in [0.4, 0.5) is 0 Å². The molecule has 0 aliphatic carbocycles. The fraction of sp³-hybridized carbons (Fsp3) is 0.303. The monoisotopic (exact) mass is 571 g/mol. The van der Waals surface area contributed by atoms with E-state index in [1.54, 1.807) is 60.7 Å². The van der Waals surface area contributed by atoms with Gasteiger partial charge in [0.05, 0.1) is 36.5 Å². The Balaban J connectivity index is 1.46. The Kier molecular flexibility index (Phi) is 9.55. The van der Waals surface area contributed by atoms with Crippen LogP contribution < -0.4 is 0 Å². The quantitative estimate of drug-likeness (QED) is 0.149. The average molecular weight is 572 g/mol. The number of allylic oxidation sites excluding steroid dienone is 1. The fourth-order valence-electron chi connectivity index (χ4n) is 5.12. The lowest BCUT2D eigenvalue weighted by atomic mass is 9.95. The van der Waals surface area contributed by atoms with Gasteiger partial charge in [-0.1, -0.05) is 66.7 Å². The highest BCUT2D eigenvalue weighted by Crippen LogP contribution is 2.35. The zero-order valence-corrected chi connectivity index (χ0v) is 23.0. The molecule has 0 spiro atoms. The van der Waals surface area contributed by atoms with E-state index in [-0.39, 0.29) is 36.5 Å². The molecule has 2 aliphatic heterocycles. The number of imide groups is 1. The van der Waals surface area contributed by atoms with Gasteiger partial charge in [0, 0.05) is 0 Å². The maximum absolute atomic E-state index is 13.6. The van der Waals surface area contributed by atoms with Crippen LogP contribution in [0.3, 0.4) is 0 Å². The summed E-state index contributed by atoms with van der Waals surface area (Å²) in [5, 5.41) is 11.6. The number of aliphatic hydroxyl groups is 1. The summed E-state index contributed by atoms with van der Waals surface area (Å²) in [4.78, 5) is 41.4. The van der Waals surface area contributed by atoms with E-state index in [2.05, 4.69) is 6.58 Å². The van der Waals surface area contributed by atoms with Crippen LogP contribution in [-0.2, 0) is 25.6 Å². The molecular formula is C33H33NO8. The zero-order chi connectivity index (χ0) is 29.5. The first-order valence-electron chi connectivity index (χ1n) is 13.9. The van der Waals surface area contributed by atoms with Gasteiger partial charge in [0.25, 0.3) is 11.8 Å². The number of benzene rings is 3. The average Bonchev–Trinajstić information content (AvgIpc) is 3.27. The molecule has 1 N–H and O–H groups in total. The van der Waals surface area contributed by atoms with Crippen molar-refractivity contribution in [3.8, 4) is 0 Å². The van der Waals surface area contributed by atoms with Crippen molar-refractivity contribution in [1.82, 2.24) is 4.90 Å². The summed E-state index contributed by atoms with van der Waals surface area (Å²) in [5.74, 6) is -1.90. The fourth-order valence-corrected chi connectivity index (χ4v) is 5.12. The van der Waals surface area contributed by atoms with Crippen molar-refractivity contribution in [2.45, 2.75) is 50.1 Å². The lowest BCUT2D eigenvalue weighted by molar-refractivity contribution is -0.281. The van der Waals surface area contributed by atoms with Gasteiger partial charge in [0.1, 0.15) is 18.2 Å². The molecule has 1 fully saturated rings. The number of aliphatic hydroxyl groups excluding tert-OH is 1. The first-order valence-corrected chi connectivity index (χ1v) is 13.9. The van der Waals surface area contributed by atoms with Gasteiger partial charge in [-0.05, 0) is 42.7 Å². The zero-order valence-electron chi connectivity index (χ0n) is 23.0. The summed E-state index contributed by atoms with van der Waals surface area (Å²) in [5.41, 5.74) is 1.60. The minimum absolute atomic E-state index is 0.0587. The number of unbranched alkanes of at least 4 members (excludes halogenated alkanes) is 1. The third kappa shape index (κ3) is 6.34. The second kappa shape index (κ2) is 13.7. The molecule has 1 saturated heterocycles. The summed E-state index contributed by atoms with van der Waals surface area (Å²) < 4.78 is 24.1. The van der Waals surface area contributed by atoms with Crippen LogP contribution in [-0.4, -0.2) is 71.6 Å². The standard InChI is InChI=1S/C33H33NO8/c1-2-3-12-19-40-33-27(34-30(36)24-17-10-11-18-25(24)31(34)37)29(42-32(38)23-15-8-5-9-16-23)28(35)26(41-33)21-39-20-22-13-6-4-7-14-22/h2,4-11,13-18,26-29,33,35H,1,3,12,19-21H2/t26-,27-,28-,29-,33-/m1/s1. The molecule has 0 unspecified atom stereocenters. The van der Waals surface area contributed by atoms with Crippen LogP contribution in [0.15, 0.2) is 97.6 Å². The Morgan fingerprint density at radius 1 is 0.929 bits per heavy atom. The highest BCUT2D eigenvalue weighted by molar-refractivity contribution is 6.21. The molecule has 5 atom stereocenters. The molecule has 5 rings (SSSR count). The van der Waals surface area contributed by atoms with Crippen LogP contribution in [0.5, 0.6) is 0 Å². The van der Waals surface area contributed by atoms with Gasteiger partial charge in [0.15, 0.2) is 12.4 Å². The van der Waals surface area contributed by atoms with E-state index in [0.717, 1.165) is 10.5 Å². The minimum atomic E-state index is -1.45. The molecule has 0 radical (unpaired) electrons. The Labute approximate surface area is 244 Å². The van der Waals surface area contributed by atoms with Crippen LogP contribution >= 0.6 is 0 Å². The van der Waals surface area contributed by atoms with E-state index in [1.807, 2.05) is 30.3 Å². The summed E-state index contributed by atoms with van der Waals surface area (Å²) in [7, 11) is 0. The molecule has 218 valence electrons. The molecule has 2 heterocycles. The van der Waals surface area contributed by atoms with Crippen LogP contribution in [0.2, 0.25) is 0 Å². The normalized spacial score (nSPS) is 23.5. The van der Waals surface area contributed by atoms with Crippen LogP contribution in [0.25, 0.3) is 0 Å².